The molecule has 1 saturated heterocycles. The second-order valence-corrected chi connectivity index (χ2v) is 5.06. The maximum atomic E-state index is 10.1. The number of rotatable bonds is 3. The minimum atomic E-state index is -0.371. The van der Waals surface area contributed by atoms with Crippen molar-refractivity contribution in [3.63, 3.8) is 0 Å². The number of aliphatic hydroxyl groups is 1. The summed E-state index contributed by atoms with van der Waals surface area (Å²) in [4.78, 5) is 2.30. The fraction of sp³-hybridized carbons (Fsp3) is 0.533. The Morgan fingerprint density at radius 1 is 1.44 bits per heavy atom. The molecule has 3 nitrogen and oxygen atoms in total. The molecule has 0 aromatic heterocycles. The van der Waals surface area contributed by atoms with E-state index in [1.54, 1.807) is 0 Å². The van der Waals surface area contributed by atoms with Gasteiger partial charge in [0.15, 0.2) is 0 Å². The smallest absolute Gasteiger partial charge is 0.0705 e. The Morgan fingerprint density at radius 2 is 2.17 bits per heavy atom. The van der Waals surface area contributed by atoms with Gasteiger partial charge < -0.3 is 5.11 Å². The van der Waals surface area contributed by atoms with Crippen LogP contribution in [0.5, 0.6) is 0 Å². The van der Waals surface area contributed by atoms with E-state index in [0.29, 0.717) is 19.0 Å². The van der Waals surface area contributed by atoms with Gasteiger partial charge >= 0.3 is 0 Å². The average Bonchev–Trinajstić information content (AvgIpc) is 2.41. The van der Waals surface area contributed by atoms with Crippen LogP contribution in [0.25, 0.3) is 0 Å². The summed E-state index contributed by atoms with van der Waals surface area (Å²) in [7, 11) is 0. The Bertz CT molecular complexity index is 412. The molecule has 0 saturated carbocycles. The topological polar surface area (TPSA) is 47.3 Å². The van der Waals surface area contributed by atoms with E-state index in [0.717, 1.165) is 13.0 Å². The summed E-state index contributed by atoms with van der Waals surface area (Å²) in [6.07, 6.45) is 1.00. The van der Waals surface area contributed by atoms with E-state index in [2.05, 4.69) is 30.0 Å². The first kappa shape index (κ1) is 13.1. The van der Waals surface area contributed by atoms with Gasteiger partial charge in [0.25, 0.3) is 0 Å². The van der Waals surface area contributed by atoms with Crippen molar-refractivity contribution in [1.29, 1.82) is 5.26 Å². The molecule has 0 radical (unpaired) electrons. The molecule has 1 aromatic carbocycles. The second-order valence-electron chi connectivity index (χ2n) is 5.06. The highest BCUT2D eigenvalue weighted by atomic mass is 16.3. The van der Waals surface area contributed by atoms with Crippen LogP contribution in [0.15, 0.2) is 30.3 Å². The molecule has 96 valence electrons. The molecule has 1 heterocycles. The largest absolute Gasteiger partial charge is 0.391 e. The fourth-order valence-electron chi connectivity index (χ4n) is 2.65. The summed E-state index contributed by atoms with van der Waals surface area (Å²) >= 11 is 0. The third-order valence-electron chi connectivity index (χ3n) is 3.94. The molecule has 3 heteroatoms. The predicted molar refractivity (Wildman–Crippen MR) is 70.8 cm³/mol. The quantitative estimate of drug-likeness (QED) is 0.887. The summed E-state index contributed by atoms with van der Waals surface area (Å²) in [6, 6.07) is 12.8. The molecule has 2 rings (SSSR count). The highest BCUT2D eigenvalue weighted by Gasteiger charge is 2.29. The third kappa shape index (κ3) is 2.90. The molecule has 18 heavy (non-hydrogen) atoms. The lowest BCUT2D eigenvalue weighted by Crippen LogP contribution is -2.44. The fourth-order valence-corrected chi connectivity index (χ4v) is 2.65. The molecule has 0 aliphatic carbocycles. The molecule has 1 N–H and O–H groups in total. The lowest BCUT2D eigenvalue weighted by atomic mass is 9.90. The van der Waals surface area contributed by atoms with E-state index in [4.69, 9.17) is 5.26 Å². The van der Waals surface area contributed by atoms with Crippen molar-refractivity contribution < 1.29 is 5.11 Å². The van der Waals surface area contributed by atoms with Gasteiger partial charge in [0.05, 0.1) is 12.2 Å². The van der Waals surface area contributed by atoms with Gasteiger partial charge in [-0.2, -0.15) is 5.26 Å². The van der Waals surface area contributed by atoms with Crippen LogP contribution < -0.4 is 0 Å². The van der Waals surface area contributed by atoms with Gasteiger partial charge in [-0.3, -0.25) is 4.90 Å². The van der Waals surface area contributed by atoms with Crippen molar-refractivity contribution in [2.24, 2.45) is 5.92 Å². The summed E-state index contributed by atoms with van der Waals surface area (Å²) < 4.78 is 0. The lowest BCUT2D eigenvalue weighted by Gasteiger charge is -2.38. The summed E-state index contributed by atoms with van der Waals surface area (Å²) in [5, 5.41) is 18.8. The summed E-state index contributed by atoms with van der Waals surface area (Å²) in [5.41, 5.74) is 1.28. The van der Waals surface area contributed by atoms with E-state index in [9.17, 15) is 5.11 Å². The van der Waals surface area contributed by atoms with Crippen LogP contribution >= 0.6 is 0 Å². The number of likely N-dealkylation sites (tertiary alicyclic amines) is 1. The van der Waals surface area contributed by atoms with E-state index < -0.39 is 0 Å². The Balaban J connectivity index is 1.98. The minimum absolute atomic E-state index is 0.147. The highest BCUT2D eigenvalue weighted by Crippen LogP contribution is 2.27. The van der Waals surface area contributed by atoms with Crippen molar-refractivity contribution in [3.8, 4) is 6.07 Å². The summed E-state index contributed by atoms with van der Waals surface area (Å²) in [6.45, 7) is 3.80. The Kier molecular flexibility index (Phi) is 4.35. The molecule has 1 aliphatic rings. The number of hydrogen-bond donors (Lipinski definition) is 1. The minimum Gasteiger partial charge on any atom is -0.391 e. The molecule has 1 aromatic rings. The highest BCUT2D eigenvalue weighted by molar-refractivity contribution is 5.18. The number of piperidine rings is 1. The predicted octanol–water partition coefficient (Wildman–Crippen LogP) is 2.34. The average molecular weight is 244 g/mol. The number of nitriles is 1. The van der Waals surface area contributed by atoms with Crippen LogP contribution in [0.1, 0.15) is 31.4 Å². The van der Waals surface area contributed by atoms with Crippen LogP contribution in [-0.4, -0.2) is 29.2 Å². The monoisotopic (exact) mass is 244 g/mol. The van der Waals surface area contributed by atoms with Gasteiger partial charge in [0.1, 0.15) is 0 Å². The number of hydrogen-bond acceptors (Lipinski definition) is 3. The number of β-amino-alcohol motifs (C(OH)–C–C–N with tert-alkyl or cyclic N) is 1. The number of nitrogens with zero attached hydrogens (tertiary/aromatic N) is 2. The van der Waals surface area contributed by atoms with Crippen LogP contribution in [0.2, 0.25) is 0 Å². The second kappa shape index (κ2) is 5.99. The first-order valence-electron chi connectivity index (χ1n) is 6.56. The van der Waals surface area contributed by atoms with Gasteiger partial charge in [0.2, 0.25) is 0 Å². The Hall–Kier alpha value is -1.37. The Labute approximate surface area is 109 Å². The molecule has 0 bridgehead atoms. The first-order chi connectivity index (χ1) is 8.72. The van der Waals surface area contributed by atoms with Crippen molar-refractivity contribution in [1.82, 2.24) is 4.90 Å². The van der Waals surface area contributed by atoms with E-state index in [-0.39, 0.29) is 12.0 Å². The zero-order chi connectivity index (χ0) is 13.0. The van der Waals surface area contributed by atoms with Gasteiger partial charge in [-0.1, -0.05) is 30.3 Å². The van der Waals surface area contributed by atoms with Gasteiger partial charge in [0, 0.05) is 24.9 Å². The Morgan fingerprint density at radius 3 is 2.78 bits per heavy atom. The maximum absolute atomic E-state index is 10.1. The number of aliphatic hydroxyl groups excluding tert-OH is 1. The van der Waals surface area contributed by atoms with Crippen molar-refractivity contribution >= 4 is 0 Å². The van der Waals surface area contributed by atoms with E-state index >= 15 is 0 Å². The van der Waals surface area contributed by atoms with Crippen molar-refractivity contribution in [3.05, 3.63) is 35.9 Å². The normalized spacial score (nSPS) is 26.5. The molecular weight excluding hydrogens is 224 g/mol. The number of benzene rings is 1. The van der Waals surface area contributed by atoms with Gasteiger partial charge in [-0.15, -0.1) is 0 Å². The molecule has 1 unspecified atom stereocenters. The zero-order valence-corrected chi connectivity index (χ0v) is 10.8. The van der Waals surface area contributed by atoms with E-state index in [1.165, 1.54) is 5.56 Å². The van der Waals surface area contributed by atoms with Gasteiger partial charge in [-0.05, 0) is 25.5 Å². The first-order valence-corrected chi connectivity index (χ1v) is 6.56. The molecule has 1 fully saturated rings. The van der Waals surface area contributed by atoms with Gasteiger partial charge in [-0.25, -0.2) is 0 Å². The molecular formula is C15H20N2O. The summed E-state index contributed by atoms with van der Waals surface area (Å²) in [5.74, 6) is 0.147. The van der Waals surface area contributed by atoms with E-state index in [1.807, 2.05) is 18.2 Å². The third-order valence-corrected chi connectivity index (χ3v) is 3.94. The van der Waals surface area contributed by atoms with Crippen LogP contribution in [0, 0.1) is 17.2 Å². The molecule has 0 spiro atoms. The standard InChI is InChI=1S/C15H20N2O/c1-12(13-5-3-2-4-6-13)17-10-8-14(7-9-16)15(18)11-17/h2-6,12,14-15,18H,7-8,10-11H2,1H3/t12?,14-,15+/m1/s1. The van der Waals surface area contributed by atoms with Crippen molar-refractivity contribution in [2.45, 2.75) is 31.9 Å². The van der Waals surface area contributed by atoms with Crippen LogP contribution in [0.4, 0.5) is 0 Å². The maximum Gasteiger partial charge on any atom is 0.0705 e. The van der Waals surface area contributed by atoms with Crippen molar-refractivity contribution in [2.75, 3.05) is 13.1 Å². The molecule has 0 amide bonds. The molecule has 1 aliphatic heterocycles. The zero-order valence-electron chi connectivity index (χ0n) is 10.8. The lowest BCUT2D eigenvalue weighted by molar-refractivity contribution is 0.00783. The van der Waals surface area contributed by atoms with Crippen LogP contribution in [-0.2, 0) is 0 Å². The molecule has 3 atom stereocenters. The van der Waals surface area contributed by atoms with Crippen LogP contribution in [0.3, 0.4) is 0 Å². The SMILES string of the molecule is CC(c1ccccc1)N1CC[C@@H](CC#N)[C@@H](O)C1.